The van der Waals surface area contributed by atoms with Crippen molar-refractivity contribution >= 4 is 11.9 Å². The molecule has 0 heterocycles. The Morgan fingerprint density at radius 3 is 2.95 bits per heavy atom. The standard InChI is InChI=1S/C13H16N4O3/c1-2-20-6-5-16-13(15)17-12(19)10-7-9(8-14)3-4-11(10)18/h3-4,7,18H,2,5-6H2,1H3,(H3,15,16,17,19). The zero-order chi connectivity index (χ0) is 15.0. The molecule has 4 N–H and O–H groups in total. The average molecular weight is 276 g/mol. The molecule has 0 aliphatic heterocycles. The summed E-state index contributed by atoms with van der Waals surface area (Å²) in [6.45, 7) is 3.25. The number of nitrogens with zero attached hydrogens (tertiary/aromatic N) is 1. The molecule has 1 aromatic rings. The van der Waals surface area contributed by atoms with E-state index in [0.717, 1.165) is 0 Å². The molecule has 0 atom stereocenters. The lowest BCUT2D eigenvalue weighted by atomic mass is 10.1. The molecule has 1 amide bonds. The number of carbonyl (C=O) groups excluding carboxylic acids is 1. The van der Waals surface area contributed by atoms with Crippen LogP contribution in [-0.4, -0.2) is 36.7 Å². The predicted octanol–water partition coefficient (Wildman–Crippen LogP) is 0.555. The third kappa shape index (κ3) is 4.59. The number of benzene rings is 1. The van der Waals surface area contributed by atoms with Gasteiger partial charge in [0, 0.05) is 13.2 Å². The molecule has 1 aromatic carbocycles. The molecule has 0 saturated carbocycles. The zero-order valence-corrected chi connectivity index (χ0v) is 11.1. The summed E-state index contributed by atoms with van der Waals surface area (Å²) in [7, 11) is 0. The number of phenolic OH excluding ortho intramolecular Hbond substituents is 1. The Morgan fingerprint density at radius 2 is 2.30 bits per heavy atom. The van der Waals surface area contributed by atoms with Gasteiger partial charge in [-0.2, -0.15) is 5.26 Å². The summed E-state index contributed by atoms with van der Waals surface area (Å²) < 4.78 is 5.07. The number of guanidine groups is 1. The van der Waals surface area contributed by atoms with Crippen molar-refractivity contribution in [1.82, 2.24) is 10.6 Å². The fourth-order valence-electron chi connectivity index (χ4n) is 1.41. The molecule has 7 nitrogen and oxygen atoms in total. The van der Waals surface area contributed by atoms with E-state index < -0.39 is 5.91 Å². The number of nitrogens with one attached hydrogen (secondary N) is 3. The highest BCUT2D eigenvalue weighted by Crippen LogP contribution is 2.17. The summed E-state index contributed by atoms with van der Waals surface area (Å²) in [4.78, 5) is 11.8. The number of ether oxygens (including phenoxy) is 1. The van der Waals surface area contributed by atoms with E-state index in [1.165, 1.54) is 18.2 Å². The minimum Gasteiger partial charge on any atom is -0.507 e. The van der Waals surface area contributed by atoms with Gasteiger partial charge in [0.05, 0.1) is 23.8 Å². The van der Waals surface area contributed by atoms with Crippen molar-refractivity contribution in [3.63, 3.8) is 0 Å². The number of hydrogen-bond acceptors (Lipinski definition) is 5. The number of nitriles is 1. The van der Waals surface area contributed by atoms with Gasteiger partial charge in [-0.15, -0.1) is 0 Å². The lowest BCUT2D eigenvalue weighted by Gasteiger charge is -2.10. The molecule has 0 aromatic heterocycles. The normalized spacial score (nSPS) is 9.60. The number of rotatable bonds is 5. The van der Waals surface area contributed by atoms with E-state index in [4.69, 9.17) is 15.4 Å². The molecule has 0 fully saturated rings. The van der Waals surface area contributed by atoms with Gasteiger partial charge in [-0.3, -0.25) is 15.5 Å². The number of phenols is 1. The third-order valence-corrected chi connectivity index (χ3v) is 2.36. The van der Waals surface area contributed by atoms with Crippen molar-refractivity contribution < 1.29 is 14.6 Å². The van der Waals surface area contributed by atoms with Gasteiger partial charge in [-0.05, 0) is 25.1 Å². The van der Waals surface area contributed by atoms with E-state index in [-0.39, 0.29) is 22.8 Å². The SMILES string of the molecule is CCOCCNC(=N)NC(=O)c1cc(C#N)ccc1O. The van der Waals surface area contributed by atoms with Crippen LogP contribution in [0, 0.1) is 16.7 Å². The van der Waals surface area contributed by atoms with Crippen molar-refractivity contribution in [2.45, 2.75) is 6.92 Å². The number of hydrogen-bond donors (Lipinski definition) is 4. The van der Waals surface area contributed by atoms with Gasteiger partial charge in [-0.1, -0.05) is 0 Å². The largest absolute Gasteiger partial charge is 0.507 e. The first kappa shape index (κ1) is 15.5. The first-order valence-corrected chi connectivity index (χ1v) is 6.03. The summed E-state index contributed by atoms with van der Waals surface area (Å²) in [6, 6.07) is 5.80. The van der Waals surface area contributed by atoms with Crippen molar-refractivity contribution in [2.24, 2.45) is 0 Å². The van der Waals surface area contributed by atoms with Gasteiger partial charge >= 0.3 is 0 Å². The van der Waals surface area contributed by atoms with Gasteiger partial charge in [-0.25, -0.2) is 0 Å². The zero-order valence-electron chi connectivity index (χ0n) is 11.1. The van der Waals surface area contributed by atoms with E-state index in [9.17, 15) is 9.90 Å². The highest BCUT2D eigenvalue weighted by molar-refractivity contribution is 6.06. The number of carbonyl (C=O) groups is 1. The smallest absolute Gasteiger partial charge is 0.261 e. The maximum absolute atomic E-state index is 11.8. The van der Waals surface area contributed by atoms with Crippen molar-refractivity contribution in [3.05, 3.63) is 29.3 Å². The molecule has 20 heavy (non-hydrogen) atoms. The highest BCUT2D eigenvalue weighted by Gasteiger charge is 2.13. The highest BCUT2D eigenvalue weighted by atomic mass is 16.5. The molecule has 0 radical (unpaired) electrons. The van der Waals surface area contributed by atoms with E-state index in [0.29, 0.717) is 19.8 Å². The fourth-order valence-corrected chi connectivity index (χ4v) is 1.41. The van der Waals surface area contributed by atoms with Gasteiger partial charge in [0.1, 0.15) is 5.75 Å². The van der Waals surface area contributed by atoms with Crippen LogP contribution in [0.5, 0.6) is 5.75 Å². The quantitative estimate of drug-likeness (QED) is 0.356. The second kappa shape index (κ2) is 7.76. The maximum Gasteiger partial charge on any atom is 0.261 e. The summed E-state index contributed by atoms with van der Waals surface area (Å²) >= 11 is 0. The van der Waals surface area contributed by atoms with Gasteiger partial charge < -0.3 is 15.2 Å². The van der Waals surface area contributed by atoms with E-state index in [1.54, 1.807) is 0 Å². The predicted molar refractivity (Wildman–Crippen MR) is 72.5 cm³/mol. The van der Waals surface area contributed by atoms with Crippen LogP contribution in [-0.2, 0) is 4.74 Å². The monoisotopic (exact) mass is 276 g/mol. The number of amides is 1. The molecule has 7 heteroatoms. The van der Waals surface area contributed by atoms with Gasteiger partial charge in [0.15, 0.2) is 5.96 Å². The first-order chi connectivity index (χ1) is 9.58. The van der Waals surface area contributed by atoms with E-state index in [2.05, 4.69) is 10.6 Å². The Kier molecular flexibility index (Phi) is 6.00. The fraction of sp³-hybridized carbons (Fsp3) is 0.308. The summed E-state index contributed by atoms with van der Waals surface area (Å²) in [5.41, 5.74) is 0.198. The molecule has 0 saturated heterocycles. The second-order valence-corrected chi connectivity index (χ2v) is 3.80. The average Bonchev–Trinajstić information content (AvgIpc) is 2.44. The van der Waals surface area contributed by atoms with Crippen LogP contribution in [0.4, 0.5) is 0 Å². The molecular formula is C13H16N4O3. The molecule has 106 valence electrons. The molecule has 0 aliphatic rings. The molecular weight excluding hydrogens is 260 g/mol. The minimum absolute atomic E-state index is 0.0552. The Hall–Kier alpha value is -2.59. The summed E-state index contributed by atoms with van der Waals surface area (Å²) in [5, 5.41) is 30.8. The van der Waals surface area contributed by atoms with Crippen LogP contribution in [0.3, 0.4) is 0 Å². The minimum atomic E-state index is -0.659. The molecule has 0 bridgehead atoms. The Balaban J connectivity index is 2.58. The Labute approximate surface area is 116 Å². The summed E-state index contributed by atoms with van der Waals surface area (Å²) in [6.07, 6.45) is 0. The van der Waals surface area contributed by atoms with E-state index in [1.807, 2.05) is 13.0 Å². The van der Waals surface area contributed by atoms with Gasteiger partial charge in [0.2, 0.25) is 0 Å². The molecule has 0 spiro atoms. The Bertz CT molecular complexity index is 537. The van der Waals surface area contributed by atoms with Crippen LogP contribution < -0.4 is 10.6 Å². The lowest BCUT2D eigenvalue weighted by Crippen LogP contribution is -2.41. The first-order valence-electron chi connectivity index (χ1n) is 6.03. The molecule has 0 unspecified atom stereocenters. The number of aromatic hydroxyl groups is 1. The molecule has 1 rings (SSSR count). The van der Waals surface area contributed by atoms with E-state index >= 15 is 0 Å². The van der Waals surface area contributed by atoms with Crippen LogP contribution in [0.25, 0.3) is 0 Å². The second-order valence-electron chi connectivity index (χ2n) is 3.80. The summed E-state index contributed by atoms with van der Waals surface area (Å²) in [5.74, 6) is -1.10. The lowest BCUT2D eigenvalue weighted by molar-refractivity contribution is 0.0972. The topological polar surface area (TPSA) is 118 Å². The molecule has 0 aliphatic carbocycles. The van der Waals surface area contributed by atoms with Crippen LogP contribution in [0.1, 0.15) is 22.8 Å². The van der Waals surface area contributed by atoms with Crippen LogP contribution in [0.2, 0.25) is 0 Å². The van der Waals surface area contributed by atoms with Crippen LogP contribution >= 0.6 is 0 Å². The maximum atomic E-state index is 11.8. The van der Waals surface area contributed by atoms with Gasteiger partial charge in [0.25, 0.3) is 5.91 Å². The van der Waals surface area contributed by atoms with Crippen LogP contribution in [0.15, 0.2) is 18.2 Å². The third-order valence-electron chi connectivity index (χ3n) is 2.36. The Morgan fingerprint density at radius 1 is 1.55 bits per heavy atom. The van der Waals surface area contributed by atoms with Crippen molar-refractivity contribution in [1.29, 1.82) is 10.7 Å². The van der Waals surface area contributed by atoms with Crippen molar-refractivity contribution in [2.75, 3.05) is 19.8 Å². The van der Waals surface area contributed by atoms with Crippen molar-refractivity contribution in [3.8, 4) is 11.8 Å².